The topological polar surface area (TPSA) is 101 Å². The number of pyridine rings is 1. The van der Waals surface area contributed by atoms with Crippen molar-refractivity contribution in [1.82, 2.24) is 4.57 Å². The highest BCUT2D eigenvalue weighted by molar-refractivity contribution is 5.93. The Kier molecular flexibility index (Phi) is 5.91. The molecule has 0 saturated heterocycles. The summed E-state index contributed by atoms with van der Waals surface area (Å²) in [5.41, 5.74) is 1.59. The lowest BCUT2D eigenvalue weighted by Gasteiger charge is -2.12. The highest BCUT2D eigenvalue weighted by Gasteiger charge is 2.13. The first-order valence-corrected chi connectivity index (χ1v) is 8.05. The van der Waals surface area contributed by atoms with E-state index in [9.17, 15) is 14.4 Å². The minimum atomic E-state index is -0.488. The van der Waals surface area contributed by atoms with E-state index in [1.807, 2.05) is 6.07 Å². The summed E-state index contributed by atoms with van der Waals surface area (Å²) in [5, 5.41) is 11.8. The molecule has 134 valence electrons. The number of nitrogens with one attached hydrogen (secondary N) is 1. The Bertz CT molecular complexity index is 937. The summed E-state index contributed by atoms with van der Waals surface area (Å²) in [6.45, 7) is 5.19. The van der Waals surface area contributed by atoms with Gasteiger partial charge in [0.2, 0.25) is 5.91 Å². The van der Waals surface area contributed by atoms with Gasteiger partial charge in [-0.3, -0.25) is 9.59 Å². The van der Waals surface area contributed by atoms with E-state index in [1.54, 1.807) is 51.1 Å². The van der Waals surface area contributed by atoms with Gasteiger partial charge in [-0.15, -0.1) is 0 Å². The number of nitriles is 1. The Hall–Kier alpha value is -3.40. The molecule has 7 heteroatoms. The molecule has 26 heavy (non-hydrogen) atoms. The van der Waals surface area contributed by atoms with Gasteiger partial charge in [0, 0.05) is 11.4 Å². The maximum Gasteiger partial charge on any atom is 0.338 e. The second-order valence-electron chi connectivity index (χ2n) is 5.69. The molecule has 2 aromatic rings. The summed E-state index contributed by atoms with van der Waals surface area (Å²) in [7, 11) is 0. The Morgan fingerprint density at radius 1 is 1.23 bits per heavy atom. The number of benzene rings is 1. The van der Waals surface area contributed by atoms with Crippen molar-refractivity contribution in [2.75, 3.05) is 11.9 Å². The van der Waals surface area contributed by atoms with Crippen LogP contribution in [0.1, 0.15) is 34.1 Å². The van der Waals surface area contributed by atoms with E-state index in [1.165, 1.54) is 4.57 Å². The largest absolute Gasteiger partial charge is 0.462 e. The number of carbonyl (C=O) groups excluding carboxylic acids is 2. The van der Waals surface area contributed by atoms with E-state index in [0.717, 1.165) is 0 Å². The normalized spacial score (nSPS) is 10.1. The summed E-state index contributed by atoms with van der Waals surface area (Å²) in [4.78, 5) is 36.2. The molecule has 0 atom stereocenters. The van der Waals surface area contributed by atoms with E-state index in [0.29, 0.717) is 22.5 Å². The van der Waals surface area contributed by atoms with Gasteiger partial charge in [-0.25, -0.2) is 4.79 Å². The summed E-state index contributed by atoms with van der Waals surface area (Å²) < 4.78 is 6.15. The minimum Gasteiger partial charge on any atom is -0.462 e. The fraction of sp³-hybridized carbons (Fsp3) is 0.263. The molecular formula is C19H19N3O4. The predicted molar refractivity (Wildman–Crippen MR) is 95.9 cm³/mol. The molecule has 1 aromatic carbocycles. The van der Waals surface area contributed by atoms with Gasteiger partial charge >= 0.3 is 5.97 Å². The van der Waals surface area contributed by atoms with Crippen molar-refractivity contribution in [2.24, 2.45) is 0 Å². The van der Waals surface area contributed by atoms with Crippen molar-refractivity contribution in [1.29, 1.82) is 5.26 Å². The third-order valence-corrected chi connectivity index (χ3v) is 3.80. The van der Waals surface area contributed by atoms with Crippen LogP contribution in [0.3, 0.4) is 0 Å². The van der Waals surface area contributed by atoms with E-state index in [4.69, 9.17) is 10.00 Å². The zero-order valence-electron chi connectivity index (χ0n) is 14.8. The van der Waals surface area contributed by atoms with Gasteiger partial charge in [-0.1, -0.05) is 0 Å². The number of carbonyl (C=O) groups is 2. The number of aryl methyl sites for hydroxylation is 2. The third kappa shape index (κ3) is 4.16. The van der Waals surface area contributed by atoms with Crippen LogP contribution in [0.4, 0.5) is 5.69 Å². The molecule has 0 aliphatic rings. The summed E-state index contributed by atoms with van der Waals surface area (Å²) in [5.74, 6) is -0.844. The molecule has 0 unspecified atom stereocenters. The maximum absolute atomic E-state index is 12.3. The van der Waals surface area contributed by atoms with Crippen LogP contribution in [0.2, 0.25) is 0 Å². The monoisotopic (exact) mass is 353 g/mol. The summed E-state index contributed by atoms with van der Waals surface area (Å²) >= 11 is 0. The molecule has 0 aliphatic heterocycles. The Morgan fingerprint density at radius 2 is 1.88 bits per heavy atom. The molecular weight excluding hydrogens is 334 g/mol. The van der Waals surface area contributed by atoms with E-state index < -0.39 is 17.4 Å². The first kappa shape index (κ1) is 18.9. The Morgan fingerprint density at radius 3 is 2.46 bits per heavy atom. The van der Waals surface area contributed by atoms with Gasteiger partial charge in [-0.2, -0.15) is 5.26 Å². The van der Waals surface area contributed by atoms with Crippen molar-refractivity contribution in [3.05, 3.63) is 63.1 Å². The molecule has 0 fully saturated rings. The van der Waals surface area contributed by atoms with Gasteiger partial charge in [0.25, 0.3) is 5.56 Å². The molecule has 0 bridgehead atoms. The average molecular weight is 353 g/mol. The van der Waals surface area contributed by atoms with E-state index >= 15 is 0 Å². The highest BCUT2D eigenvalue weighted by atomic mass is 16.5. The number of aromatic nitrogens is 1. The molecule has 0 radical (unpaired) electrons. The van der Waals surface area contributed by atoms with Gasteiger partial charge in [0.15, 0.2) is 0 Å². The lowest BCUT2D eigenvalue weighted by Crippen LogP contribution is -2.31. The maximum atomic E-state index is 12.3. The Labute approximate surface area is 150 Å². The van der Waals surface area contributed by atoms with Crippen molar-refractivity contribution >= 4 is 17.6 Å². The number of hydrogen-bond acceptors (Lipinski definition) is 5. The zero-order chi connectivity index (χ0) is 19.3. The number of anilines is 1. The van der Waals surface area contributed by atoms with Crippen molar-refractivity contribution in [3.8, 4) is 6.07 Å². The van der Waals surface area contributed by atoms with E-state index in [2.05, 4.69) is 5.32 Å². The third-order valence-electron chi connectivity index (χ3n) is 3.80. The quantitative estimate of drug-likeness (QED) is 0.830. The molecule has 1 aromatic heterocycles. The smallest absolute Gasteiger partial charge is 0.338 e. The molecule has 0 saturated carbocycles. The van der Waals surface area contributed by atoms with Crippen LogP contribution in [0.5, 0.6) is 0 Å². The summed E-state index contributed by atoms with van der Waals surface area (Å²) in [6.07, 6.45) is 0. The van der Waals surface area contributed by atoms with Crippen LogP contribution >= 0.6 is 0 Å². The number of esters is 1. The second-order valence-corrected chi connectivity index (χ2v) is 5.69. The molecule has 1 N–H and O–H groups in total. The molecule has 7 nitrogen and oxygen atoms in total. The number of nitrogens with zero attached hydrogens (tertiary/aromatic N) is 2. The zero-order valence-corrected chi connectivity index (χ0v) is 14.8. The number of ether oxygens (including phenoxy) is 1. The number of rotatable bonds is 5. The highest BCUT2D eigenvalue weighted by Crippen LogP contribution is 2.11. The number of amides is 1. The second kappa shape index (κ2) is 8.12. The van der Waals surface area contributed by atoms with Crippen molar-refractivity contribution in [2.45, 2.75) is 27.3 Å². The fourth-order valence-corrected chi connectivity index (χ4v) is 2.51. The first-order chi connectivity index (χ1) is 12.4. The first-order valence-electron chi connectivity index (χ1n) is 8.05. The molecule has 0 aliphatic carbocycles. The van der Waals surface area contributed by atoms with Gasteiger partial charge < -0.3 is 14.6 Å². The standard InChI is InChI=1S/C19H19N3O4/c1-4-26-19(25)14-5-7-15(8-6-14)21-17(23)11-22-13(3)9-12(2)16(10-20)18(22)24/h5-9H,4,11H2,1-3H3,(H,21,23). The lowest BCUT2D eigenvalue weighted by molar-refractivity contribution is -0.116. The SMILES string of the molecule is CCOC(=O)c1ccc(NC(=O)Cn2c(C)cc(C)c(C#N)c2=O)cc1. The van der Waals surface area contributed by atoms with E-state index in [-0.39, 0.29) is 18.7 Å². The summed E-state index contributed by atoms with van der Waals surface area (Å²) in [6, 6.07) is 9.82. The van der Waals surface area contributed by atoms with Crippen LogP contribution in [0.15, 0.2) is 35.1 Å². The van der Waals surface area contributed by atoms with Gasteiger partial charge in [-0.05, 0) is 56.7 Å². The lowest BCUT2D eigenvalue weighted by atomic mass is 10.1. The molecule has 1 amide bonds. The van der Waals surface area contributed by atoms with Crippen LogP contribution in [0.25, 0.3) is 0 Å². The van der Waals surface area contributed by atoms with Crippen molar-refractivity contribution in [3.63, 3.8) is 0 Å². The fourth-order valence-electron chi connectivity index (χ4n) is 2.51. The molecule has 1 heterocycles. The van der Waals surface area contributed by atoms with Crippen LogP contribution < -0.4 is 10.9 Å². The Balaban J connectivity index is 2.14. The predicted octanol–water partition coefficient (Wildman–Crippen LogP) is 2.15. The molecule has 0 spiro atoms. The van der Waals surface area contributed by atoms with Crippen LogP contribution in [-0.2, 0) is 16.1 Å². The van der Waals surface area contributed by atoms with Gasteiger partial charge in [0.1, 0.15) is 18.2 Å². The van der Waals surface area contributed by atoms with Gasteiger partial charge in [0.05, 0.1) is 12.2 Å². The van der Waals surface area contributed by atoms with Crippen LogP contribution in [-0.4, -0.2) is 23.1 Å². The molecule has 2 rings (SSSR count). The average Bonchev–Trinajstić information content (AvgIpc) is 2.59. The minimum absolute atomic E-state index is 0.0298. The number of hydrogen-bond donors (Lipinski definition) is 1. The van der Waals surface area contributed by atoms with Crippen molar-refractivity contribution < 1.29 is 14.3 Å². The van der Waals surface area contributed by atoms with Crippen LogP contribution in [0, 0.1) is 25.2 Å².